The summed E-state index contributed by atoms with van der Waals surface area (Å²) < 4.78 is 0. The lowest BCUT2D eigenvalue weighted by atomic mass is 9.79. The second kappa shape index (κ2) is 5.35. The first kappa shape index (κ1) is 13.9. The van der Waals surface area contributed by atoms with E-state index in [0.717, 1.165) is 45.2 Å². The van der Waals surface area contributed by atoms with Gasteiger partial charge >= 0.3 is 0 Å². The van der Waals surface area contributed by atoms with Crippen molar-refractivity contribution >= 4 is 11.8 Å². The highest BCUT2D eigenvalue weighted by atomic mass is 16.3. The third-order valence-corrected chi connectivity index (χ3v) is 5.06. The molecule has 3 fully saturated rings. The van der Waals surface area contributed by atoms with Gasteiger partial charge in [0.1, 0.15) is 5.60 Å². The summed E-state index contributed by atoms with van der Waals surface area (Å²) in [5, 5.41) is 10.2. The van der Waals surface area contributed by atoms with Crippen LogP contribution in [0.2, 0.25) is 0 Å². The minimum atomic E-state index is -1.10. The van der Waals surface area contributed by atoms with E-state index in [4.69, 9.17) is 0 Å². The van der Waals surface area contributed by atoms with Gasteiger partial charge in [0.2, 0.25) is 5.91 Å². The fraction of sp³-hybridized carbons (Fsp3) is 0.867. The number of aliphatic hydroxyl groups is 1. The van der Waals surface area contributed by atoms with Gasteiger partial charge in [-0.1, -0.05) is 0 Å². The highest BCUT2D eigenvalue weighted by Gasteiger charge is 2.45. The molecule has 5 nitrogen and oxygen atoms in total. The lowest BCUT2D eigenvalue weighted by Gasteiger charge is -2.45. The summed E-state index contributed by atoms with van der Waals surface area (Å²) in [6, 6.07) is 0.157. The van der Waals surface area contributed by atoms with Gasteiger partial charge in [-0.15, -0.1) is 0 Å². The number of amides is 2. The first-order chi connectivity index (χ1) is 9.60. The van der Waals surface area contributed by atoms with Gasteiger partial charge in [-0.05, 0) is 44.9 Å². The van der Waals surface area contributed by atoms with Gasteiger partial charge in [0.25, 0.3) is 5.91 Å². The first-order valence-corrected chi connectivity index (χ1v) is 7.91. The fourth-order valence-corrected chi connectivity index (χ4v) is 3.63. The molecule has 1 aliphatic carbocycles. The summed E-state index contributed by atoms with van der Waals surface area (Å²) in [6.45, 7) is 2.16. The zero-order valence-electron chi connectivity index (χ0n) is 12.0. The molecule has 2 amide bonds. The first-order valence-electron chi connectivity index (χ1n) is 7.91. The molecule has 1 saturated carbocycles. The molecule has 0 aromatic carbocycles. The van der Waals surface area contributed by atoms with E-state index in [1.807, 2.05) is 4.90 Å². The van der Waals surface area contributed by atoms with Crippen LogP contribution in [-0.2, 0) is 9.59 Å². The minimum absolute atomic E-state index is 0.113. The highest BCUT2D eigenvalue weighted by Crippen LogP contribution is 2.34. The molecule has 1 atom stereocenters. The van der Waals surface area contributed by atoms with Crippen LogP contribution >= 0.6 is 0 Å². The third kappa shape index (κ3) is 2.43. The van der Waals surface area contributed by atoms with E-state index in [-0.39, 0.29) is 17.9 Å². The maximum absolute atomic E-state index is 12.4. The summed E-state index contributed by atoms with van der Waals surface area (Å²) in [5.41, 5.74) is -1.10. The van der Waals surface area contributed by atoms with E-state index in [2.05, 4.69) is 0 Å². The quantitative estimate of drug-likeness (QED) is 0.817. The Bertz CT molecular complexity index is 406. The lowest BCUT2D eigenvalue weighted by molar-refractivity contribution is -0.163. The van der Waals surface area contributed by atoms with E-state index in [9.17, 15) is 14.7 Å². The molecule has 1 N–H and O–H groups in total. The molecule has 3 rings (SSSR count). The topological polar surface area (TPSA) is 60.9 Å². The van der Waals surface area contributed by atoms with Crippen molar-refractivity contribution < 1.29 is 14.7 Å². The summed E-state index contributed by atoms with van der Waals surface area (Å²) in [4.78, 5) is 28.1. The van der Waals surface area contributed by atoms with Crippen molar-refractivity contribution in [1.82, 2.24) is 9.80 Å². The lowest BCUT2D eigenvalue weighted by Crippen LogP contribution is -2.59. The molecule has 2 heterocycles. The molecule has 2 saturated heterocycles. The smallest absolute Gasteiger partial charge is 0.254 e. The number of hydrogen-bond acceptors (Lipinski definition) is 3. The molecule has 0 aromatic heterocycles. The standard InChI is InChI=1S/C15H24N2O3/c18-13-6-1-2-10-17(13)12-5-3-9-16(11-12)14(19)15(20)7-4-8-15/h12,20H,1-11H2. The number of hydrogen-bond donors (Lipinski definition) is 1. The largest absolute Gasteiger partial charge is 0.380 e. The maximum atomic E-state index is 12.4. The molecule has 2 aliphatic heterocycles. The normalized spacial score (nSPS) is 30.1. The van der Waals surface area contributed by atoms with Crippen molar-refractivity contribution in [3.8, 4) is 0 Å². The summed E-state index contributed by atoms with van der Waals surface area (Å²) >= 11 is 0. The van der Waals surface area contributed by atoms with E-state index >= 15 is 0 Å². The van der Waals surface area contributed by atoms with Crippen LogP contribution in [0.3, 0.4) is 0 Å². The predicted octanol–water partition coefficient (Wildman–Crippen LogP) is 0.905. The van der Waals surface area contributed by atoms with E-state index in [0.29, 0.717) is 25.8 Å². The van der Waals surface area contributed by atoms with Crippen LogP contribution in [0.4, 0.5) is 0 Å². The van der Waals surface area contributed by atoms with Crippen molar-refractivity contribution in [3.05, 3.63) is 0 Å². The zero-order valence-corrected chi connectivity index (χ0v) is 12.0. The second-order valence-electron chi connectivity index (χ2n) is 6.48. The number of carbonyl (C=O) groups excluding carboxylic acids is 2. The van der Waals surface area contributed by atoms with Crippen molar-refractivity contribution in [3.63, 3.8) is 0 Å². The molecule has 1 unspecified atom stereocenters. The number of rotatable bonds is 2. The predicted molar refractivity (Wildman–Crippen MR) is 74.0 cm³/mol. The molecular weight excluding hydrogens is 256 g/mol. The number of likely N-dealkylation sites (tertiary alicyclic amines) is 2. The van der Waals surface area contributed by atoms with Gasteiger partial charge in [0, 0.05) is 32.1 Å². The third-order valence-electron chi connectivity index (χ3n) is 5.06. The molecule has 112 valence electrons. The molecule has 0 bridgehead atoms. The van der Waals surface area contributed by atoms with E-state index < -0.39 is 5.60 Å². The van der Waals surface area contributed by atoms with Crippen molar-refractivity contribution in [2.75, 3.05) is 19.6 Å². The van der Waals surface area contributed by atoms with Gasteiger partial charge in [-0.25, -0.2) is 0 Å². The van der Waals surface area contributed by atoms with Gasteiger partial charge in [0.15, 0.2) is 0 Å². The Morgan fingerprint density at radius 2 is 1.95 bits per heavy atom. The Morgan fingerprint density at radius 3 is 2.60 bits per heavy atom. The Hall–Kier alpha value is -1.10. The summed E-state index contributed by atoms with van der Waals surface area (Å²) in [5.74, 6) is 0.121. The van der Waals surface area contributed by atoms with Crippen LogP contribution in [0.5, 0.6) is 0 Å². The molecule has 0 spiro atoms. The highest BCUT2D eigenvalue weighted by molar-refractivity contribution is 5.86. The SMILES string of the molecule is O=C1CCCCN1C1CCCN(C(=O)C2(O)CCC2)C1. The van der Waals surface area contributed by atoms with Crippen molar-refractivity contribution in [1.29, 1.82) is 0 Å². The number of piperidine rings is 2. The molecule has 20 heavy (non-hydrogen) atoms. The molecule has 0 radical (unpaired) electrons. The van der Waals surface area contributed by atoms with Crippen LogP contribution in [-0.4, -0.2) is 58.0 Å². The molecule has 3 aliphatic rings. The van der Waals surface area contributed by atoms with Crippen LogP contribution in [0.25, 0.3) is 0 Å². The average Bonchev–Trinajstić information content (AvgIpc) is 2.44. The maximum Gasteiger partial charge on any atom is 0.254 e. The van der Waals surface area contributed by atoms with Gasteiger partial charge in [-0.3, -0.25) is 9.59 Å². The summed E-state index contributed by atoms with van der Waals surface area (Å²) in [6.07, 6.45) is 6.73. The average molecular weight is 280 g/mol. The van der Waals surface area contributed by atoms with Crippen LogP contribution in [0.1, 0.15) is 51.4 Å². The van der Waals surface area contributed by atoms with Crippen molar-refractivity contribution in [2.24, 2.45) is 0 Å². The zero-order chi connectivity index (χ0) is 14.2. The fourth-order valence-electron chi connectivity index (χ4n) is 3.63. The van der Waals surface area contributed by atoms with Crippen molar-refractivity contribution in [2.45, 2.75) is 63.0 Å². The van der Waals surface area contributed by atoms with E-state index in [1.165, 1.54) is 0 Å². The van der Waals surface area contributed by atoms with Gasteiger partial charge in [-0.2, -0.15) is 0 Å². The number of nitrogens with zero attached hydrogens (tertiary/aromatic N) is 2. The molecule has 0 aromatic rings. The van der Waals surface area contributed by atoms with Gasteiger partial charge in [0.05, 0.1) is 0 Å². The molecular formula is C15H24N2O3. The molecule has 5 heteroatoms. The minimum Gasteiger partial charge on any atom is -0.380 e. The van der Waals surface area contributed by atoms with E-state index in [1.54, 1.807) is 4.90 Å². The Labute approximate surface area is 119 Å². The Kier molecular flexibility index (Phi) is 3.71. The second-order valence-corrected chi connectivity index (χ2v) is 6.48. The van der Waals surface area contributed by atoms with Crippen LogP contribution in [0.15, 0.2) is 0 Å². The van der Waals surface area contributed by atoms with Crippen LogP contribution in [0, 0.1) is 0 Å². The summed E-state index contributed by atoms with van der Waals surface area (Å²) in [7, 11) is 0. The van der Waals surface area contributed by atoms with Gasteiger partial charge < -0.3 is 14.9 Å². The van der Waals surface area contributed by atoms with Crippen LogP contribution < -0.4 is 0 Å². The Morgan fingerprint density at radius 1 is 1.15 bits per heavy atom. The monoisotopic (exact) mass is 280 g/mol. The number of carbonyl (C=O) groups is 2. The Balaban J connectivity index is 1.64.